The topological polar surface area (TPSA) is 63.4 Å². The van der Waals surface area contributed by atoms with Gasteiger partial charge in [-0.1, -0.05) is 17.8 Å². The summed E-state index contributed by atoms with van der Waals surface area (Å²) in [6.45, 7) is 0. The first-order chi connectivity index (χ1) is 8.97. The number of phenolic OH excluding ortho intramolecular Hbond substituents is 1. The van der Waals surface area contributed by atoms with Gasteiger partial charge < -0.3 is 5.11 Å². The summed E-state index contributed by atoms with van der Waals surface area (Å²) in [6.07, 6.45) is 0. The first kappa shape index (κ1) is 13.8. The molecular weight excluding hydrogens is 337 g/mol. The molecule has 0 spiro atoms. The number of nitro groups is 1. The van der Waals surface area contributed by atoms with Gasteiger partial charge in [0.25, 0.3) is 5.69 Å². The molecule has 0 aliphatic heterocycles. The molecule has 19 heavy (non-hydrogen) atoms. The second kappa shape index (κ2) is 5.58. The number of benzene rings is 2. The molecule has 0 saturated carbocycles. The quantitative estimate of drug-likeness (QED) is 0.664. The number of aromatic hydroxyl groups is 1. The van der Waals surface area contributed by atoms with Crippen molar-refractivity contribution in [2.45, 2.75) is 9.79 Å². The number of rotatable bonds is 3. The van der Waals surface area contributed by atoms with Gasteiger partial charge in [-0.15, -0.1) is 0 Å². The Morgan fingerprint density at radius 1 is 1.32 bits per heavy atom. The van der Waals surface area contributed by atoms with E-state index in [4.69, 9.17) is 0 Å². The second-order valence-electron chi connectivity index (χ2n) is 3.59. The third-order valence-corrected chi connectivity index (χ3v) is 3.89. The molecule has 0 atom stereocenters. The minimum Gasteiger partial charge on any atom is -0.508 e. The lowest BCUT2D eigenvalue weighted by Gasteiger charge is -2.05. The maximum atomic E-state index is 13.3. The minimum absolute atomic E-state index is 0.0637. The van der Waals surface area contributed by atoms with Crippen LogP contribution in [0.5, 0.6) is 5.75 Å². The number of phenols is 1. The first-order valence-corrected chi connectivity index (χ1v) is 6.68. The van der Waals surface area contributed by atoms with Gasteiger partial charge in [-0.3, -0.25) is 10.1 Å². The van der Waals surface area contributed by atoms with Gasteiger partial charge in [-0.2, -0.15) is 0 Å². The van der Waals surface area contributed by atoms with E-state index >= 15 is 0 Å². The molecule has 0 bridgehead atoms. The van der Waals surface area contributed by atoms with Crippen LogP contribution in [0, 0.1) is 15.9 Å². The highest BCUT2D eigenvalue weighted by atomic mass is 79.9. The molecule has 0 aromatic heterocycles. The molecule has 0 unspecified atom stereocenters. The summed E-state index contributed by atoms with van der Waals surface area (Å²) in [5, 5.41) is 20.3. The summed E-state index contributed by atoms with van der Waals surface area (Å²) >= 11 is 4.08. The van der Waals surface area contributed by atoms with Gasteiger partial charge >= 0.3 is 0 Å². The molecule has 0 aliphatic rings. The maximum absolute atomic E-state index is 13.3. The van der Waals surface area contributed by atoms with Crippen LogP contribution in [0.15, 0.2) is 50.7 Å². The van der Waals surface area contributed by atoms with Crippen molar-refractivity contribution in [1.82, 2.24) is 0 Å². The molecule has 0 saturated heterocycles. The Morgan fingerprint density at radius 3 is 2.68 bits per heavy atom. The van der Waals surface area contributed by atoms with E-state index in [1.54, 1.807) is 12.1 Å². The standard InChI is InChI=1S/C12H7BrFNO3S/c13-9-5-12(11(15(17)18)6-10(9)14)19-8-3-1-2-7(16)4-8/h1-6,16H. The van der Waals surface area contributed by atoms with Gasteiger partial charge in [-0.25, -0.2) is 4.39 Å². The van der Waals surface area contributed by atoms with Gasteiger partial charge in [0.2, 0.25) is 0 Å². The van der Waals surface area contributed by atoms with E-state index in [2.05, 4.69) is 15.9 Å². The summed E-state index contributed by atoms with van der Waals surface area (Å²) in [4.78, 5) is 11.2. The zero-order valence-corrected chi connectivity index (χ0v) is 11.7. The van der Waals surface area contributed by atoms with Crippen molar-refractivity contribution < 1.29 is 14.4 Å². The van der Waals surface area contributed by atoms with Crippen molar-refractivity contribution in [1.29, 1.82) is 0 Å². The smallest absolute Gasteiger partial charge is 0.286 e. The lowest BCUT2D eigenvalue weighted by molar-refractivity contribution is -0.387. The molecular formula is C12H7BrFNO3S. The average Bonchev–Trinajstić information content (AvgIpc) is 2.33. The number of hydrogen-bond acceptors (Lipinski definition) is 4. The minimum atomic E-state index is -0.688. The summed E-state index contributed by atoms with van der Waals surface area (Å²) in [7, 11) is 0. The van der Waals surface area contributed by atoms with Crippen LogP contribution in [-0.2, 0) is 0 Å². The molecule has 4 nitrogen and oxygen atoms in total. The Labute approximate surface area is 120 Å². The third-order valence-electron chi connectivity index (χ3n) is 2.24. The fraction of sp³-hybridized carbons (Fsp3) is 0. The van der Waals surface area contributed by atoms with Crippen molar-refractivity contribution in [3.05, 3.63) is 56.8 Å². The van der Waals surface area contributed by atoms with Crippen LogP contribution < -0.4 is 0 Å². The Bertz CT molecular complexity index is 651. The van der Waals surface area contributed by atoms with Crippen molar-refractivity contribution in [3.63, 3.8) is 0 Å². The lowest BCUT2D eigenvalue weighted by atomic mass is 10.3. The fourth-order valence-electron chi connectivity index (χ4n) is 1.42. The largest absolute Gasteiger partial charge is 0.508 e. The third kappa shape index (κ3) is 3.24. The Hall–Kier alpha value is -1.60. The Balaban J connectivity index is 2.44. The number of nitrogens with zero attached hydrogens (tertiary/aromatic N) is 1. The molecule has 98 valence electrons. The number of nitro benzene ring substituents is 1. The first-order valence-electron chi connectivity index (χ1n) is 5.07. The van der Waals surface area contributed by atoms with E-state index in [9.17, 15) is 19.6 Å². The molecule has 0 aliphatic carbocycles. The maximum Gasteiger partial charge on any atom is 0.286 e. The van der Waals surface area contributed by atoms with Gasteiger partial charge in [0.15, 0.2) is 0 Å². The predicted octanol–water partition coefficient (Wildman–Crippen LogP) is 4.35. The molecule has 0 amide bonds. The molecule has 7 heteroatoms. The summed E-state index contributed by atoms with van der Waals surface area (Å²) in [6, 6.07) is 8.52. The molecule has 1 N–H and O–H groups in total. The van der Waals surface area contributed by atoms with E-state index in [0.29, 0.717) is 9.79 Å². The number of halogens is 2. The monoisotopic (exact) mass is 343 g/mol. The molecule has 0 radical (unpaired) electrons. The van der Waals surface area contributed by atoms with Crippen molar-refractivity contribution in [2.24, 2.45) is 0 Å². The van der Waals surface area contributed by atoms with Gasteiger partial charge in [0.05, 0.1) is 20.4 Å². The predicted molar refractivity (Wildman–Crippen MR) is 73.0 cm³/mol. The zero-order chi connectivity index (χ0) is 14.0. The van der Waals surface area contributed by atoms with Crippen LogP contribution in [0.3, 0.4) is 0 Å². The van der Waals surface area contributed by atoms with Crippen molar-refractivity contribution in [2.75, 3.05) is 0 Å². The molecule has 2 rings (SSSR count). The second-order valence-corrected chi connectivity index (χ2v) is 5.56. The highest BCUT2D eigenvalue weighted by Gasteiger charge is 2.18. The van der Waals surface area contributed by atoms with Crippen LogP contribution in [0.4, 0.5) is 10.1 Å². The van der Waals surface area contributed by atoms with Crippen LogP contribution in [0.1, 0.15) is 0 Å². The van der Waals surface area contributed by atoms with Crippen LogP contribution >= 0.6 is 27.7 Å². The lowest BCUT2D eigenvalue weighted by Crippen LogP contribution is -1.93. The normalized spacial score (nSPS) is 10.4. The molecule has 2 aromatic rings. The summed E-state index contributed by atoms with van der Waals surface area (Å²) in [5.41, 5.74) is -0.311. The van der Waals surface area contributed by atoms with Gasteiger partial charge in [0.1, 0.15) is 11.6 Å². The Kier molecular flexibility index (Phi) is 4.06. The van der Waals surface area contributed by atoms with Crippen LogP contribution in [0.25, 0.3) is 0 Å². The van der Waals surface area contributed by atoms with E-state index in [0.717, 1.165) is 17.8 Å². The van der Waals surface area contributed by atoms with E-state index in [1.807, 2.05) is 0 Å². The van der Waals surface area contributed by atoms with Crippen molar-refractivity contribution >= 4 is 33.4 Å². The summed E-state index contributed by atoms with van der Waals surface area (Å²) in [5.74, 6) is -0.624. The number of hydrogen-bond donors (Lipinski definition) is 1. The molecule has 2 aromatic carbocycles. The molecule has 0 heterocycles. The van der Waals surface area contributed by atoms with Crippen LogP contribution in [-0.4, -0.2) is 10.0 Å². The zero-order valence-electron chi connectivity index (χ0n) is 9.34. The SMILES string of the molecule is O=[N+]([O-])c1cc(F)c(Br)cc1Sc1cccc(O)c1. The van der Waals surface area contributed by atoms with Gasteiger partial charge in [-0.05, 0) is 40.2 Å². The molecule has 0 fully saturated rings. The highest BCUT2D eigenvalue weighted by Crippen LogP contribution is 2.38. The average molecular weight is 344 g/mol. The Morgan fingerprint density at radius 2 is 2.05 bits per heavy atom. The van der Waals surface area contributed by atoms with Crippen LogP contribution in [0.2, 0.25) is 0 Å². The van der Waals surface area contributed by atoms with E-state index in [1.165, 1.54) is 18.2 Å². The highest BCUT2D eigenvalue weighted by molar-refractivity contribution is 9.10. The van der Waals surface area contributed by atoms with Crippen molar-refractivity contribution in [3.8, 4) is 5.75 Å². The van der Waals surface area contributed by atoms with E-state index in [-0.39, 0.29) is 15.9 Å². The van der Waals surface area contributed by atoms with Gasteiger partial charge in [0, 0.05) is 4.90 Å². The summed E-state index contributed by atoms with van der Waals surface area (Å²) < 4.78 is 13.5. The fourth-order valence-corrected chi connectivity index (χ4v) is 2.91. The van der Waals surface area contributed by atoms with E-state index < -0.39 is 10.7 Å².